The van der Waals surface area contributed by atoms with Gasteiger partial charge in [-0.15, -0.1) is 0 Å². The molecular formula is C25H20ClN3O5. The summed E-state index contributed by atoms with van der Waals surface area (Å²) in [7, 11) is 1.47. The van der Waals surface area contributed by atoms with Gasteiger partial charge in [-0.05, 0) is 61.9 Å². The molecule has 8 nitrogen and oxygen atoms in total. The van der Waals surface area contributed by atoms with E-state index in [0.29, 0.717) is 28.3 Å². The monoisotopic (exact) mass is 477 g/mol. The second-order valence-corrected chi connectivity index (χ2v) is 8.46. The number of carbonyl (C=O) groups is 2. The fourth-order valence-corrected chi connectivity index (χ4v) is 4.37. The molecule has 1 atom stereocenters. The molecule has 0 bridgehead atoms. The van der Waals surface area contributed by atoms with E-state index in [4.69, 9.17) is 20.8 Å². The highest BCUT2D eigenvalue weighted by atomic mass is 35.5. The van der Waals surface area contributed by atoms with E-state index in [0.717, 1.165) is 5.56 Å². The topological polar surface area (TPSA) is 109 Å². The van der Waals surface area contributed by atoms with E-state index in [2.05, 4.69) is 9.97 Å². The first-order valence-corrected chi connectivity index (χ1v) is 10.8. The number of aromatic amines is 1. The molecule has 5 rings (SSSR count). The van der Waals surface area contributed by atoms with Crippen LogP contribution >= 0.6 is 11.6 Å². The Labute approximate surface area is 199 Å². The summed E-state index contributed by atoms with van der Waals surface area (Å²) >= 11 is 6.23. The predicted molar refractivity (Wildman–Crippen MR) is 127 cm³/mol. The Morgan fingerprint density at radius 2 is 1.94 bits per heavy atom. The summed E-state index contributed by atoms with van der Waals surface area (Å²) in [5.41, 5.74) is 2.50. The van der Waals surface area contributed by atoms with E-state index in [1.807, 2.05) is 25.1 Å². The Morgan fingerprint density at radius 1 is 1.15 bits per heavy atom. The van der Waals surface area contributed by atoms with Crippen molar-refractivity contribution in [1.82, 2.24) is 9.97 Å². The number of Topliss-reactive ketones (excluding diaryl/α,β-unsaturated/α-hetero) is 1. The van der Waals surface area contributed by atoms with Crippen LogP contribution in [-0.4, -0.2) is 33.9 Å². The Kier molecular flexibility index (Phi) is 5.17. The first-order chi connectivity index (χ1) is 16.3. The van der Waals surface area contributed by atoms with Crippen molar-refractivity contribution in [2.45, 2.75) is 19.9 Å². The van der Waals surface area contributed by atoms with Crippen LogP contribution in [0.5, 0.6) is 5.75 Å². The van der Waals surface area contributed by atoms with Crippen LogP contribution in [0.2, 0.25) is 5.02 Å². The minimum absolute atomic E-state index is 0.128. The van der Waals surface area contributed by atoms with E-state index in [9.17, 15) is 14.7 Å². The van der Waals surface area contributed by atoms with Gasteiger partial charge >= 0.3 is 5.91 Å². The SMILES string of the molecule is COc1ccc(/C(O)=C2\C(=O)C(=O)N(c3nc4ccc(C)cc4[nH]3)C2c2ccc(C)o2)cc1Cl. The molecule has 2 aromatic carbocycles. The summed E-state index contributed by atoms with van der Waals surface area (Å²) in [5, 5.41) is 11.4. The Balaban J connectivity index is 1.71. The molecular weight excluding hydrogens is 458 g/mol. The summed E-state index contributed by atoms with van der Waals surface area (Å²) in [5.74, 6) is -0.585. The number of aliphatic hydroxyl groups is 1. The molecule has 34 heavy (non-hydrogen) atoms. The normalized spacial score (nSPS) is 17.6. The first kappa shape index (κ1) is 21.8. The lowest BCUT2D eigenvalue weighted by Gasteiger charge is -2.20. The molecule has 1 amide bonds. The number of anilines is 1. The van der Waals surface area contributed by atoms with Crippen molar-refractivity contribution >= 4 is 46.0 Å². The molecule has 9 heteroatoms. The number of nitrogens with one attached hydrogen (secondary N) is 1. The van der Waals surface area contributed by atoms with Gasteiger partial charge in [-0.3, -0.25) is 14.5 Å². The van der Waals surface area contributed by atoms with Gasteiger partial charge in [-0.2, -0.15) is 0 Å². The smallest absolute Gasteiger partial charge is 0.302 e. The molecule has 1 saturated heterocycles. The van der Waals surface area contributed by atoms with Crippen molar-refractivity contribution < 1.29 is 23.8 Å². The number of aromatic nitrogens is 2. The average molecular weight is 478 g/mol. The molecule has 0 aliphatic carbocycles. The number of aryl methyl sites for hydroxylation is 2. The number of hydrogen-bond acceptors (Lipinski definition) is 6. The van der Waals surface area contributed by atoms with E-state index >= 15 is 0 Å². The lowest BCUT2D eigenvalue weighted by atomic mass is 9.99. The molecule has 1 aliphatic heterocycles. The Bertz CT molecular complexity index is 1500. The van der Waals surface area contributed by atoms with Crippen molar-refractivity contribution in [3.8, 4) is 5.75 Å². The van der Waals surface area contributed by atoms with E-state index in [1.54, 1.807) is 31.2 Å². The largest absolute Gasteiger partial charge is 0.507 e. The maximum Gasteiger partial charge on any atom is 0.302 e. The molecule has 0 saturated carbocycles. The van der Waals surface area contributed by atoms with Gasteiger partial charge in [0.15, 0.2) is 0 Å². The number of amides is 1. The standard InChI is InChI=1S/C25H20ClN3O5/c1-12-4-7-16-17(10-12)28-25(27-16)29-21(19-8-5-13(2)34-19)20(23(31)24(29)32)22(30)14-6-9-18(33-3)15(26)11-14/h4-11,21,30H,1-3H3,(H,27,28)/b22-20+. The van der Waals surface area contributed by atoms with Crippen molar-refractivity contribution in [1.29, 1.82) is 0 Å². The minimum atomic E-state index is -1.03. The molecule has 1 unspecified atom stereocenters. The minimum Gasteiger partial charge on any atom is -0.507 e. The molecule has 0 spiro atoms. The van der Waals surface area contributed by atoms with Crippen LogP contribution in [-0.2, 0) is 9.59 Å². The number of H-pyrrole nitrogens is 1. The lowest BCUT2D eigenvalue weighted by molar-refractivity contribution is -0.132. The van der Waals surface area contributed by atoms with Crippen LogP contribution in [0.4, 0.5) is 5.95 Å². The fraction of sp³-hybridized carbons (Fsp3) is 0.160. The lowest BCUT2D eigenvalue weighted by Crippen LogP contribution is -2.30. The molecule has 172 valence electrons. The number of furan rings is 1. The van der Waals surface area contributed by atoms with Crippen LogP contribution in [0, 0.1) is 13.8 Å². The number of rotatable bonds is 4. The highest BCUT2D eigenvalue weighted by molar-refractivity contribution is 6.51. The quantitative estimate of drug-likeness (QED) is 0.241. The molecule has 2 N–H and O–H groups in total. The van der Waals surface area contributed by atoms with E-state index in [-0.39, 0.29) is 27.9 Å². The number of benzene rings is 2. The number of imidazole rings is 1. The Morgan fingerprint density at radius 3 is 2.62 bits per heavy atom. The van der Waals surface area contributed by atoms with Gasteiger partial charge in [0, 0.05) is 5.56 Å². The summed E-state index contributed by atoms with van der Waals surface area (Å²) in [4.78, 5) is 35.3. The third-order valence-corrected chi connectivity index (χ3v) is 6.05. The van der Waals surface area contributed by atoms with Crippen LogP contribution in [0.15, 0.2) is 58.5 Å². The zero-order valence-corrected chi connectivity index (χ0v) is 19.3. The summed E-state index contributed by atoms with van der Waals surface area (Å²) in [6, 6.07) is 12.6. The number of methoxy groups -OCH3 is 1. The van der Waals surface area contributed by atoms with Crippen molar-refractivity contribution in [2.24, 2.45) is 0 Å². The number of ether oxygens (including phenoxy) is 1. The molecule has 0 radical (unpaired) electrons. The summed E-state index contributed by atoms with van der Waals surface area (Å²) in [6.45, 7) is 3.70. The third-order valence-electron chi connectivity index (χ3n) is 5.75. The molecule has 1 aliphatic rings. The third kappa shape index (κ3) is 3.43. The number of hydrogen-bond donors (Lipinski definition) is 2. The molecule has 3 heterocycles. The zero-order valence-electron chi connectivity index (χ0n) is 18.5. The van der Waals surface area contributed by atoms with Gasteiger partial charge in [0.25, 0.3) is 5.78 Å². The van der Waals surface area contributed by atoms with Gasteiger partial charge in [-0.1, -0.05) is 17.7 Å². The molecule has 4 aromatic rings. The number of carbonyl (C=O) groups excluding carboxylic acids is 2. The maximum atomic E-state index is 13.2. The number of nitrogens with zero attached hydrogens (tertiary/aromatic N) is 2. The summed E-state index contributed by atoms with van der Waals surface area (Å²) < 4.78 is 11.0. The maximum absolute atomic E-state index is 13.2. The average Bonchev–Trinajstić information content (AvgIpc) is 3.49. The first-order valence-electron chi connectivity index (χ1n) is 10.5. The van der Waals surface area contributed by atoms with Gasteiger partial charge < -0.3 is 19.2 Å². The molecule has 2 aromatic heterocycles. The van der Waals surface area contributed by atoms with Crippen LogP contribution in [0.25, 0.3) is 16.8 Å². The van der Waals surface area contributed by atoms with Crippen molar-refractivity contribution in [2.75, 3.05) is 12.0 Å². The summed E-state index contributed by atoms with van der Waals surface area (Å²) in [6.07, 6.45) is 0. The number of halogens is 1. The van der Waals surface area contributed by atoms with Gasteiger partial charge in [0.2, 0.25) is 5.95 Å². The van der Waals surface area contributed by atoms with E-state index in [1.165, 1.54) is 18.1 Å². The second-order valence-electron chi connectivity index (χ2n) is 8.05. The second kappa shape index (κ2) is 8.07. The van der Waals surface area contributed by atoms with Crippen molar-refractivity contribution in [3.63, 3.8) is 0 Å². The number of ketones is 1. The van der Waals surface area contributed by atoms with Crippen LogP contribution in [0.3, 0.4) is 0 Å². The number of fused-ring (bicyclic) bond motifs is 1. The predicted octanol–water partition coefficient (Wildman–Crippen LogP) is 5.06. The number of aliphatic hydroxyl groups excluding tert-OH is 1. The van der Waals surface area contributed by atoms with Gasteiger partial charge in [-0.25, -0.2) is 4.98 Å². The fourth-order valence-electron chi connectivity index (χ4n) is 4.11. The van der Waals surface area contributed by atoms with Gasteiger partial charge in [0.05, 0.1) is 28.7 Å². The van der Waals surface area contributed by atoms with Gasteiger partial charge in [0.1, 0.15) is 29.1 Å². The Hall–Kier alpha value is -4.04. The zero-order chi connectivity index (χ0) is 24.1. The van der Waals surface area contributed by atoms with Crippen LogP contribution < -0.4 is 9.64 Å². The van der Waals surface area contributed by atoms with Crippen LogP contribution in [0.1, 0.15) is 28.7 Å². The molecule has 1 fully saturated rings. The highest BCUT2D eigenvalue weighted by Crippen LogP contribution is 2.42. The van der Waals surface area contributed by atoms with Crippen molar-refractivity contribution in [3.05, 3.63) is 81.8 Å². The highest BCUT2D eigenvalue weighted by Gasteiger charge is 2.49. The van der Waals surface area contributed by atoms with E-state index < -0.39 is 17.7 Å².